The van der Waals surface area contributed by atoms with E-state index in [1.54, 1.807) is 12.3 Å². The molecule has 1 saturated heterocycles. The molecule has 6 nitrogen and oxygen atoms in total. The molecule has 140 valence electrons. The lowest BCUT2D eigenvalue weighted by molar-refractivity contribution is 0.402. The SMILES string of the molecule is N#Cc1ccccc1Nc1nncc(N2CCC(Cc3ccccc3)CC2)n1. The fraction of sp³-hybridized carbons (Fsp3) is 0.273. The molecule has 6 heteroatoms. The van der Waals surface area contributed by atoms with Crippen LogP contribution in [0.15, 0.2) is 60.8 Å². The van der Waals surface area contributed by atoms with Gasteiger partial charge in [-0.25, -0.2) is 0 Å². The molecule has 1 aromatic heterocycles. The first kappa shape index (κ1) is 17.9. The van der Waals surface area contributed by atoms with Crippen LogP contribution in [0, 0.1) is 17.2 Å². The van der Waals surface area contributed by atoms with Crippen molar-refractivity contribution in [2.45, 2.75) is 19.3 Å². The van der Waals surface area contributed by atoms with Gasteiger partial charge in [0.2, 0.25) is 5.95 Å². The minimum Gasteiger partial charge on any atom is -0.355 e. The van der Waals surface area contributed by atoms with E-state index in [1.165, 1.54) is 5.56 Å². The highest BCUT2D eigenvalue weighted by atomic mass is 15.3. The van der Waals surface area contributed by atoms with Gasteiger partial charge in [0, 0.05) is 13.1 Å². The molecule has 2 aromatic carbocycles. The van der Waals surface area contributed by atoms with Crippen molar-refractivity contribution >= 4 is 17.5 Å². The number of benzene rings is 2. The Labute approximate surface area is 164 Å². The van der Waals surface area contributed by atoms with E-state index in [-0.39, 0.29) is 0 Å². The molecule has 28 heavy (non-hydrogen) atoms. The predicted octanol–water partition coefficient (Wildman–Crippen LogP) is 3.95. The minimum absolute atomic E-state index is 0.409. The molecule has 0 unspecified atom stereocenters. The maximum Gasteiger partial charge on any atom is 0.249 e. The van der Waals surface area contributed by atoms with E-state index < -0.39 is 0 Å². The second-order valence-corrected chi connectivity index (χ2v) is 7.04. The Kier molecular flexibility index (Phi) is 5.43. The fourth-order valence-electron chi connectivity index (χ4n) is 3.62. The molecule has 1 aliphatic rings. The normalized spacial score (nSPS) is 14.5. The van der Waals surface area contributed by atoms with Crippen molar-refractivity contribution in [3.8, 4) is 6.07 Å². The maximum atomic E-state index is 9.23. The third-order valence-corrected chi connectivity index (χ3v) is 5.15. The zero-order valence-corrected chi connectivity index (χ0v) is 15.6. The van der Waals surface area contributed by atoms with Gasteiger partial charge in [0.15, 0.2) is 5.82 Å². The average molecular weight is 370 g/mol. The number of para-hydroxylation sites is 1. The average Bonchev–Trinajstić information content (AvgIpc) is 2.76. The van der Waals surface area contributed by atoms with Crippen LogP contribution >= 0.6 is 0 Å². The van der Waals surface area contributed by atoms with Crippen LogP contribution in [0.5, 0.6) is 0 Å². The van der Waals surface area contributed by atoms with E-state index in [0.717, 1.165) is 38.2 Å². The Morgan fingerprint density at radius 1 is 1.04 bits per heavy atom. The van der Waals surface area contributed by atoms with Gasteiger partial charge in [0.05, 0.1) is 17.4 Å². The third-order valence-electron chi connectivity index (χ3n) is 5.15. The lowest BCUT2D eigenvalue weighted by atomic mass is 9.90. The largest absolute Gasteiger partial charge is 0.355 e. The molecule has 0 aliphatic carbocycles. The van der Waals surface area contributed by atoms with E-state index in [9.17, 15) is 5.26 Å². The van der Waals surface area contributed by atoms with E-state index in [4.69, 9.17) is 0 Å². The molecule has 0 saturated carbocycles. The van der Waals surface area contributed by atoms with Crippen LogP contribution < -0.4 is 10.2 Å². The lowest BCUT2D eigenvalue weighted by Gasteiger charge is -2.32. The van der Waals surface area contributed by atoms with E-state index in [2.05, 4.69) is 61.8 Å². The number of nitrogens with one attached hydrogen (secondary N) is 1. The van der Waals surface area contributed by atoms with Gasteiger partial charge in [0.25, 0.3) is 0 Å². The lowest BCUT2D eigenvalue weighted by Crippen LogP contribution is -2.35. The quantitative estimate of drug-likeness (QED) is 0.733. The predicted molar refractivity (Wildman–Crippen MR) is 109 cm³/mol. The molecule has 1 fully saturated rings. The van der Waals surface area contributed by atoms with Gasteiger partial charge in [-0.15, -0.1) is 5.10 Å². The van der Waals surface area contributed by atoms with Gasteiger partial charge in [-0.05, 0) is 42.9 Å². The van der Waals surface area contributed by atoms with E-state index in [0.29, 0.717) is 23.1 Å². The molecule has 0 spiro atoms. The van der Waals surface area contributed by atoms with E-state index >= 15 is 0 Å². The van der Waals surface area contributed by atoms with Crippen molar-refractivity contribution in [2.24, 2.45) is 5.92 Å². The molecular formula is C22H22N6. The van der Waals surface area contributed by atoms with Gasteiger partial charge in [-0.2, -0.15) is 15.3 Å². The third kappa shape index (κ3) is 4.26. The monoisotopic (exact) mass is 370 g/mol. The van der Waals surface area contributed by atoms with Gasteiger partial charge in [-0.1, -0.05) is 42.5 Å². The zero-order valence-electron chi connectivity index (χ0n) is 15.6. The number of hydrogen-bond acceptors (Lipinski definition) is 6. The highest BCUT2D eigenvalue weighted by molar-refractivity contribution is 5.63. The van der Waals surface area contributed by atoms with Gasteiger partial charge < -0.3 is 10.2 Å². The Bertz CT molecular complexity index is 958. The van der Waals surface area contributed by atoms with Crippen molar-refractivity contribution in [2.75, 3.05) is 23.3 Å². The highest BCUT2D eigenvalue weighted by Gasteiger charge is 2.21. The summed E-state index contributed by atoms with van der Waals surface area (Å²) in [6.07, 6.45) is 5.12. The summed E-state index contributed by atoms with van der Waals surface area (Å²) < 4.78 is 0. The smallest absolute Gasteiger partial charge is 0.249 e. The van der Waals surface area contributed by atoms with Crippen LogP contribution in [0.25, 0.3) is 0 Å². The molecule has 3 aromatic rings. The molecule has 2 heterocycles. The molecular weight excluding hydrogens is 348 g/mol. The molecule has 0 bridgehead atoms. The summed E-state index contributed by atoms with van der Waals surface area (Å²) in [6.45, 7) is 1.93. The summed E-state index contributed by atoms with van der Waals surface area (Å²) in [7, 11) is 0. The van der Waals surface area contributed by atoms with Crippen molar-refractivity contribution in [1.82, 2.24) is 15.2 Å². The van der Waals surface area contributed by atoms with Crippen molar-refractivity contribution in [1.29, 1.82) is 5.26 Å². The summed E-state index contributed by atoms with van der Waals surface area (Å²) >= 11 is 0. The first-order valence-electron chi connectivity index (χ1n) is 9.56. The Balaban J connectivity index is 1.39. The molecule has 4 rings (SSSR count). The van der Waals surface area contributed by atoms with Crippen molar-refractivity contribution in [3.05, 3.63) is 71.9 Å². The van der Waals surface area contributed by atoms with E-state index in [1.807, 2.05) is 18.2 Å². The fourth-order valence-corrected chi connectivity index (χ4v) is 3.62. The summed E-state index contributed by atoms with van der Waals surface area (Å²) in [4.78, 5) is 6.87. The summed E-state index contributed by atoms with van der Waals surface area (Å²) in [5.41, 5.74) is 2.65. The van der Waals surface area contributed by atoms with Crippen LogP contribution in [0.2, 0.25) is 0 Å². The van der Waals surface area contributed by atoms with Crippen LogP contribution in [-0.4, -0.2) is 28.3 Å². The second kappa shape index (κ2) is 8.49. The number of rotatable bonds is 5. The summed E-state index contributed by atoms with van der Waals surface area (Å²) in [6, 6.07) is 20.2. The maximum absolute atomic E-state index is 9.23. The summed E-state index contributed by atoms with van der Waals surface area (Å²) in [5, 5.41) is 20.5. The van der Waals surface area contributed by atoms with Crippen LogP contribution in [0.4, 0.5) is 17.5 Å². The number of nitrogens with zero attached hydrogens (tertiary/aromatic N) is 5. The first-order valence-corrected chi connectivity index (χ1v) is 9.56. The molecule has 1 N–H and O–H groups in total. The van der Waals surface area contributed by atoms with Gasteiger partial charge >= 0.3 is 0 Å². The molecule has 0 amide bonds. The van der Waals surface area contributed by atoms with Crippen LogP contribution in [-0.2, 0) is 6.42 Å². The minimum atomic E-state index is 0.409. The Morgan fingerprint density at radius 3 is 2.57 bits per heavy atom. The number of aromatic nitrogens is 3. The van der Waals surface area contributed by atoms with Gasteiger partial charge in [0.1, 0.15) is 6.07 Å². The molecule has 0 atom stereocenters. The molecule has 0 radical (unpaired) electrons. The van der Waals surface area contributed by atoms with Crippen LogP contribution in [0.1, 0.15) is 24.0 Å². The number of nitriles is 1. The molecule has 1 aliphatic heterocycles. The van der Waals surface area contributed by atoms with Crippen molar-refractivity contribution < 1.29 is 0 Å². The second-order valence-electron chi connectivity index (χ2n) is 7.04. The zero-order chi connectivity index (χ0) is 19.2. The Hall–Kier alpha value is -3.46. The number of hydrogen-bond donors (Lipinski definition) is 1. The van der Waals surface area contributed by atoms with Crippen molar-refractivity contribution in [3.63, 3.8) is 0 Å². The number of piperidine rings is 1. The number of anilines is 3. The van der Waals surface area contributed by atoms with Crippen LogP contribution in [0.3, 0.4) is 0 Å². The first-order chi connectivity index (χ1) is 13.8. The topological polar surface area (TPSA) is 77.7 Å². The standard InChI is InChI=1S/C22H22N6/c23-15-19-8-4-5-9-20(19)25-22-26-21(16-24-27-22)28-12-10-18(11-13-28)14-17-6-2-1-3-7-17/h1-9,16,18H,10-14H2,(H,25,26,27). The Morgan fingerprint density at radius 2 is 1.79 bits per heavy atom. The van der Waals surface area contributed by atoms with Gasteiger partial charge in [-0.3, -0.25) is 0 Å². The highest BCUT2D eigenvalue weighted by Crippen LogP contribution is 2.25. The summed E-state index contributed by atoms with van der Waals surface area (Å²) in [5.74, 6) is 1.94.